The first-order valence-electron chi connectivity index (χ1n) is 5.75. The third kappa shape index (κ3) is 3.42. The minimum atomic E-state index is 0.652. The average Bonchev–Trinajstić information content (AvgIpc) is 2.65. The van der Waals surface area contributed by atoms with E-state index in [1.54, 1.807) is 11.3 Å². The van der Waals surface area contributed by atoms with Crippen molar-refractivity contribution in [1.82, 2.24) is 15.2 Å². The summed E-state index contributed by atoms with van der Waals surface area (Å²) in [5.74, 6) is 0.794. The third-order valence-corrected chi connectivity index (χ3v) is 4.10. The van der Waals surface area contributed by atoms with Crippen LogP contribution in [0.1, 0.15) is 17.7 Å². The number of aromatic nitrogens is 1. The van der Waals surface area contributed by atoms with Gasteiger partial charge in [0, 0.05) is 24.2 Å². The Morgan fingerprint density at radius 1 is 1.69 bits per heavy atom. The fourth-order valence-corrected chi connectivity index (χ4v) is 3.35. The summed E-state index contributed by atoms with van der Waals surface area (Å²) in [5.41, 5.74) is 0. The van der Waals surface area contributed by atoms with Gasteiger partial charge in [0.05, 0.1) is 0 Å². The highest BCUT2D eigenvalue weighted by molar-refractivity contribution is 7.15. The van der Waals surface area contributed by atoms with Crippen molar-refractivity contribution in [3.63, 3.8) is 0 Å². The van der Waals surface area contributed by atoms with E-state index >= 15 is 0 Å². The van der Waals surface area contributed by atoms with Gasteiger partial charge in [0.2, 0.25) is 0 Å². The number of hydrogen-bond donors (Lipinski definition) is 1. The Hall–Kier alpha value is -0.160. The van der Waals surface area contributed by atoms with Crippen LogP contribution in [0.4, 0.5) is 0 Å². The molecule has 5 heteroatoms. The van der Waals surface area contributed by atoms with Crippen molar-refractivity contribution in [3.8, 4) is 0 Å². The predicted octanol–water partition coefficient (Wildman–Crippen LogP) is 2.23. The van der Waals surface area contributed by atoms with Crippen LogP contribution in [0.25, 0.3) is 0 Å². The van der Waals surface area contributed by atoms with Crippen molar-refractivity contribution in [2.75, 3.05) is 26.7 Å². The molecular formula is C11H18ClN3S. The molecule has 0 aromatic carbocycles. The van der Waals surface area contributed by atoms with Gasteiger partial charge in [-0.15, -0.1) is 11.3 Å². The van der Waals surface area contributed by atoms with E-state index in [0.717, 1.165) is 19.0 Å². The van der Waals surface area contributed by atoms with E-state index in [0.29, 0.717) is 4.47 Å². The van der Waals surface area contributed by atoms with Gasteiger partial charge in [-0.3, -0.25) is 4.90 Å². The molecule has 0 saturated carbocycles. The van der Waals surface area contributed by atoms with Gasteiger partial charge in [-0.25, -0.2) is 4.98 Å². The number of hydrogen-bond acceptors (Lipinski definition) is 4. The predicted molar refractivity (Wildman–Crippen MR) is 69.1 cm³/mol. The zero-order chi connectivity index (χ0) is 11.4. The first kappa shape index (κ1) is 12.3. The van der Waals surface area contributed by atoms with Crippen LogP contribution in [0.5, 0.6) is 0 Å². The molecule has 0 amide bonds. The average molecular weight is 260 g/mol. The Labute approximate surface area is 106 Å². The van der Waals surface area contributed by atoms with Crippen LogP contribution in [0.15, 0.2) is 6.20 Å². The Balaban J connectivity index is 1.85. The number of nitrogens with zero attached hydrogens (tertiary/aromatic N) is 2. The number of halogens is 1. The molecule has 1 saturated heterocycles. The molecule has 90 valence electrons. The van der Waals surface area contributed by atoms with Gasteiger partial charge in [0.25, 0.3) is 0 Å². The van der Waals surface area contributed by atoms with E-state index in [9.17, 15) is 0 Å². The summed E-state index contributed by atoms with van der Waals surface area (Å²) in [5, 5.41) is 3.27. The highest BCUT2D eigenvalue weighted by Crippen LogP contribution is 2.22. The van der Waals surface area contributed by atoms with Gasteiger partial charge >= 0.3 is 0 Å². The van der Waals surface area contributed by atoms with E-state index in [4.69, 9.17) is 11.6 Å². The number of likely N-dealkylation sites (tertiary alicyclic amines) is 1. The van der Waals surface area contributed by atoms with Crippen LogP contribution in [0.3, 0.4) is 0 Å². The lowest BCUT2D eigenvalue weighted by Crippen LogP contribution is -2.38. The van der Waals surface area contributed by atoms with Crippen LogP contribution in [-0.4, -0.2) is 36.6 Å². The smallest absolute Gasteiger partial charge is 0.183 e. The summed E-state index contributed by atoms with van der Waals surface area (Å²) < 4.78 is 0.652. The zero-order valence-electron chi connectivity index (χ0n) is 9.58. The lowest BCUT2D eigenvalue weighted by atomic mass is 9.98. The summed E-state index contributed by atoms with van der Waals surface area (Å²) in [7, 11) is 2.03. The molecule has 2 rings (SSSR count). The van der Waals surface area contributed by atoms with Crippen molar-refractivity contribution in [2.45, 2.75) is 19.4 Å². The van der Waals surface area contributed by atoms with Crippen molar-refractivity contribution >= 4 is 22.9 Å². The zero-order valence-corrected chi connectivity index (χ0v) is 11.2. The van der Waals surface area contributed by atoms with Gasteiger partial charge < -0.3 is 5.32 Å². The quantitative estimate of drug-likeness (QED) is 0.899. The Bertz CT molecular complexity index is 327. The van der Waals surface area contributed by atoms with Gasteiger partial charge in [0.15, 0.2) is 4.47 Å². The summed E-state index contributed by atoms with van der Waals surface area (Å²) in [6.07, 6.45) is 4.55. The molecule has 1 unspecified atom stereocenters. The summed E-state index contributed by atoms with van der Waals surface area (Å²) in [4.78, 5) is 7.86. The number of rotatable bonds is 4. The molecule has 1 N–H and O–H groups in total. The fourth-order valence-electron chi connectivity index (χ4n) is 2.33. The van der Waals surface area contributed by atoms with E-state index < -0.39 is 0 Å². The molecule has 1 aromatic rings. The van der Waals surface area contributed by atoms with Crippen molar-refractivity contribution < 1.29 is 0 Å². The minimum absolute atomic E-state index is 0.652. The van der Waals surface area contributed by atoms with Crippen molar-refractivity contribution in [3.05, 3.63) is 15.5 Å². The lowest BCUT2D eigenvalue weighted by Gasteiger charge is -2.32. The normalized spacial score (nSPS) is 22.5. The maximum absolute atomic E-state index is 5.84. The van der Waals surface area contributed by atoms with Gasteiger partial charge in [0.1, 0.15) is 0 Å². The second-order valence-corrected chi connectivity index (χ2v) is 6.08. The SMILES string of the molecule is CNCC1CCCN(Cc2cnc(Cl)s2)C1. The van der Waals surface area contributed by atoms with Crippen LogP contribution >= 0.6 is 22.9 Å². The highest BCUT2D eigenvalue weighted by Gasteiger charge is 2.19. The van der Waals surface area contributed by atoms with Gasteiger partial charge in [-0.2, -0.15) is 0 Å². The molecule has 1 aliphatic rings. The largest absolute Gasteiger partial charge is 0.319 e. The number of thiazole rings is 1. The lowest BCUT2D eigenvalue weighted by molar-refractivity contribution is 0.168. The fraction of sp³-hybridized carbons (Fsp3) is 0.727. The Morgan fingerprint density at radius 3 is 3.25 bits per heavy atom. The van der Waals surface area contributed by atoms with Gasteiger partial charge in [-0.1, -0.05) is 11.6 Å². The highest BCUT2D eigenvalue weighted by atomic mass is 35.5. The topological polar surface area (TPSA) is 28.2 Å². The van der Waals surface area contributed by atoms with E-state index in [1.807, 2.05) is 13.2 Å². The number of nitrogens with one attached hydrogen (secondary N) is 1. The van der Waals surface area contributed by atoms with Crippen molar-refractivity contribution in [2.24, 2.45) is 5.92 Å². The van der Waals surface area contributed by atoms with E-state index in [1.165, 1.54) is 30.8 Å². The molecule has 3 nitrogen and oxygen atoms in total. The third-order valence-electron chi connectivity index (χ3n) is 3.00. The summed E-state index contributed by atoms with van der Waals surface area (Å²) in [6.45, 7) is 4.52. The molecule has 1 fully saturated rings. The summed E-state index contributed by atoms with van der Waals surface area (Å²) >= 11 is 7.43. The van der Waals surface area contributed by atoms with Crippen LogP contribution in [-0.2, 0) is 6.54 Å². The molecule has 0 aliphatic carbocycles. The van der Waals surface area contributed by atoms with Crippen LogP contribution in [0, 0.1) is 5.92 Å². The monoisotopic (exact) mass is 259 g/mol. The molecule has 1 atom stereocenters. The second kappa shape index (κ2) is 5.96. The first-order chi connectivity index (χ1) is 7.78. The molecular weight excluding hydrogens is 242 g/mol. The first-order valence-corrected chi connectivity index (χ1v) is 6.94. The van der Waals surface area contributed by atoms with E-state index in [-0.39, 0.29) is 0 Å². The molecule has 16 heavy (non-hydrogen) atoms. The minimum Gasteiger partial charge on any atom is -0.319 e. The van der Waals surface area contributed by atoms with Crippen molar-refractivity contribution in [1.29, 1.82) is 0 Å². The Morgan fingerprint density at radius 2 is 2.56 bits per heavy atom. The summed E-state index contributed by atoms with van der Waals surface area (Å²) in [6, 6.07) is 0. The maximum atomic E-state index is 5.84. The van der Waals surface area contributed by atoms with E-state index in [2.05, 4.69) is 15.2 Å². The standard InChI is InChI=1S/C11H18ClN3S/c1-13-5-9-3-2-4-15(7-9)8-10-6-14-11(12)16-10/h6,9,13H,2-5,7-8H2,1H3. The molecule has 0 spiro atoms. The molecule has 0 bridgehead atoms. The molecule has 0 radical (unpaired) electrons. The van der Waals surface area contributed by atoms with Gasteiger partial charge in [-0.05, 0) is 38.9 Å². The molecule has 1 aliphatic heterocycles. The molecule has 2 heterocycles. The Kier molecular flexibility index (Phi) is 4.58. The molecule has 1 aromatic heterocycles. The van der Waals surface area contributed by atoms with Crippen LogP contribution in [0.2, 0.25) is 4.47 Å². The second-order valence-electron chi connectivity index (χ2n) is 4.38. The number of piperidine rings is 1. The van der Waals surface area contributed by atoms with Crippen LogP contribution < -0.4 is 5.32 Å². The maximum Gasteiger partial charge on any atom is 0.183 e.